The van der Waals surface area contributed by atoms with E-state index in [0.717, 1.165) is 31.5 Å². The first-order valence-corrected chi connectivity index (χ1v) is 9.88. The number of amides is 1. The number of pyridine rings is 1. The Balaban J connectivity index is 1.68. The molecule has 2 aromatic rings. The minimum Gasteiger partial charge on any atom is -0.382 e. The standard InChI is InChI=1S/C22H27N3O3/c1-27-13-14-28-20-19(25-21(26)16-5-4-10-24-15-16)17-6-2-3-7-18(17)22(20)8-11-23-12-9-22/h2-7,10,15,19-20,23H,8-9,11-14H2,1H3,(H,25,26)/t19-,20+/m1/s1. The van der Waals surface area contributed by atoms with Crippen LogP contribution >= 0.6 is 0 Å². The summed E-state index contributed by atoms with van der Waals surface area (Å²) in [6.07, 6.45) is 5.12. The van der Waals surface area contributed by atoms with Gasteiger partial charge in [0.05, 0.1) is 30.9 Å². The number of nitrogens with zero attached hydrogens (tertiary/aromatic N) is 1. The molecule has 6 heteroatoms. The van der Waals surface area contributed by atoms with Gasteiger partial charge in [-0.3, -0.25) is 9.78 Å². The third-order valence-electron chi connectivity index (χ3n) is 5.97. The van der Waals surface area contributed by atoms with Crippen LogP contribution in [0.1, 0.15) is 40.4 Å². The van der Waals surface area contributed by atoms with Crippen molar-refractivity contribution in [2.75, 3.05) is 33.4 Å². The van der Waals surface area contributed by atoms with Gasteiger partial charge in [0.25, 0.3) is 5.91 Å². The second-order valence-corrected chi connectivity index (χ2v) is 7.47. The lowest BCUT2D eigenvalue weighted by Gasteiger charge is -2.41. The van der Waals surface area contributed by atoms with Crippen molar-refractivity contribution in [2.24, 2.45) is 0 Å². The van der Waals surface area contributed by atoms with Crippen LogP contribution in [0.5, 0.6) is 0 Å². The molecule has 0 bridgehead atoms. The zero-order valence-electron chi connectivity index (χ0n) is 16.2. The molecular weight excluding hydrogens is 354 g/mol. The summed E-state index contributed by atoms with van der Waals surface area (Å²) in [4.78, 5) is 17.0. The molecule has 6 nitrogen and oxygen atoms in total. The number of ether oxygens (including phenoxy) is 2. The minimum atomic E-state index is -0.195. The van der Waals surface area contributed by atoms with Gasteiger partial charge in [0.2, 0.25) is 0 Å². The molecule has 0 saturated carbocycles. The Morgan fingerprint density at radius 1 is 1.21 bits per heavy atom. The largest absolute Gasteiger partial charge is 0.382 e. The highest BCUT2D eigenvalue weighted by molar-refractivity contribution is 5.94. The second kappa shape index (κ2) is 8.39. The Kier molecular flexibility index (Phi) is 5.71. The van der Waals surface area contributed by atoms with E-state index in [1.807, 2.05) is 6.07 Å². The number of fused-ring (bicyclic) bond motifs is 2. The molecule has 4 rings (SSSR count). The number of piperidine rings is 1. The lowest BCUT2D eigenvalue weighted by atomic mass is 9.72. The van der Waals surface area contributed by atoms with E-state index in [1.54, 1.807) is 31.6 Å². The molecule has 2 atom stereocenters. The maximum absolute atomic E-state index is 12.9. The molecular formula is C22H27N3O3. The van der Waals surface area contributed by atoms with Crippen molar-refractivity contribution in [3.05, 3.63) is 65.5 Å². The van der Waals surface area contributed by atoms with Gasteiger partial charge < -0.3 is 20.1 Å². The predicted molar refractivity (Wildman–Crippen MR) is 106 cm³/mol. The molecule has 148 valence electrons. The summed E-state index contributed by atoms with van der Waals surface area (Å²) in [5.41, 5.74) is 2.92. The van der Waals surface area contributed by atoms with Crippen LogP contribution in [0, 0.1) is 0 Å². The van der Waals surface area contributed by atoms with Crippen LogP contribution in [0.25, 0.3) is 0 Å². The molecule has 28 heavy (non-hydrogen) atoms. The molecule has 2 heterocycles. The molecule has 1 aliphatic carbocycles. The molecule has 2 aliphatic rings. The van der Waals surface area contributed by atoms with E-state index in [4.69, 9.17) is 9.47 Å². The van der Waals surface area contributed by atoms with Crippen molar-refractivity contribution in [2.45, 2.75) is 30.4 Å². The second-order valence-electron chi connectivity index (χ2n) is 7.47. The summed E-state index contributed by atoms with van der Waals surface area (Å²) < 4.78 is 11.6. The zero-order valence-corrected chi connectivity index (χ0v) is 16.2. The van der Waals surface area contributed by atoms with Gasteiger partial charge in [-0.1, -0.05) is 24.3 Å². The highest BCUT2D eigenvalue weighted by atomic mass is 16.5. The third kappa shape index (κ3) is 3.43. The summed E-state index contributed by atoms with van der Waals surface area (Å²) in [5.74, 6) is -0.126. The number of carbonyl (C=O) groups is 1. The Bertz CT molecular complexity index is 806. The summed E-state index contributed by atoms with van der Waals surface area (Å²) in [7, 11) is 1.68. The molecule has 1 saturated heterocycles. The number of aromatic nitrogens is 1. The summed E-state index contributed by atoms with van der Waals surface area (Å²) in [5, 5.41) is 6.69. The zero-order chi connectivity index (χ0) is 19.4. The quantitative estimate of drug-likeness (QED) is 0.751. The Labute approximate surface area is 165 Å². The number of benzene rings is 1. The fourth-order valence-corrected chi connectivity index (χ4v) is 4.67. The third-order valence-corrected chi connectivity index (χ3v) is 5.97. The number of hydrogen-bond acceptors (Lipinski definition) is 5. The summed E-state index contributed by atoms with van der Waals surface area (Å²) >= 11 is 0. The topological polar surface area (TPSA) is 72.5 Å². The van der Waals surface area contributed by atoms with Gasteiger partial charge in [0.15, 0.2) is 0 Å². The first-order chi connectivity index (χ1) is 13.8. The highest BCUT2D eigenvalue weighted by Gasteiger charge is 2.53. The molecule has 2 N–H and O–H groups in total. The van der Waals surface area contributed by atoms with Crippen molar-refractivity contribution in [1.82, 2.24) is 15.6 Å². The lowest BCUT2D eigenvalue weighted by Crippen LogP contribution is -2.50. The van der Waals surface area contributed by atoms with Gasteiger partial charge in [0, 0.05) is 24.9 Å². The number of carbonyl (C=O) groups excluding carboxylic acids is 1. The van der Waals surface area contributed by atoms with E-state index in [9.17, 15) is 4.79 Å². The van der Waals surface area contributed by atoms with E-state index in [0.29, 0.717) is 18.8 Å². The van der Waals surface area contributed by atoms with Crippen molar-refractivity contribution in [1.29, 1.82) is 0 Å². The van der Waals surface area contributed by atoms with Gasteiger partial charge in [-0.2, -0.15) is 0 Å². The molecule has 1 fully saturated rings. The Hall–Kier alpha value is -2.28. The average Bonchev–Trinajstić information content (AvgIpc) is 2.99. The highest BCUT2D eigenvalue weighted by Crippen LogP contribution is 2.51. The minimum absolute atomic E-state index is 0.0948. The van der Waals surface area contributed by atoms with Crippen LogP contribution in [0.4, 0.5) is 0 Å². The van der Waals surface area contributed by atoms with E-state index in [1.165, 1.54) is 5.56 Å². The van der Waals surface area contributed by atoms with Gasteiger partial charge in [-0.25, -0.2) is 0 Å². The van der Waals surface area contributed by atoms with Crippen molar-refractivity contribution >= 4 is 5.91 Å². The lowest BCUT2D eigenvalue weighted by molar-refractivity contribution is -0.0437. The SMILES string of the molecule is COCCO[C@H]1[C@H](NC(=O)c2cccnc2)c2ccccc2C12CCNCC2. The molecule has 0 radical (unpaired) electrons. The number of nitrogens with one attached hydrogen (secondary N) is 2. The number of methoxy groups -OCH3 is 1. The number of rotatable bonds is 6. The average molecular weight is 381 g/mol. The predicted octanol–water partition coefficient (Wildman–Crippen LogP) is 2.22. The molecule has 1 aliphatic heterocycles. The summed E-state index contributed by atoms with van der Waals surface area (Å²) in [6.45, 7) is 2.93. The van der Waals surface area contributed by atoms with E-state index >= 15 is 0 Å². The van der Waals surface area contributed by atoms with Crippen LogP contribution < -0.4 is 10.6 Å². The molecule has 1 aromatic carbocycles. The number of hydrogen-bond donors (Lipinski definition) is 2. The van der Waals surface area contributed by atoms with Crippen molar-refractivity contribution in [3.8, 4) is 0 Å². The van der Waals surface area contributed by atoms with Crippen LogP contribution in [0.15, 0.2) is 48.8 Å². The molecule has 1 spiro atoms. The monoisotopic (exact) mass is 381 g/mol. The van der Waals surface area contributed by atoms with E-state index in [-0.39, 0.29) is 23.5 Å². The smallest absolute Gasteiger partial charge is 0.253 e. The maximum atomic E-state index is 12.9. The van der Waals surface area contributed by atoms with Crippen LogP contribution in [0.2, 0.25) is 0 Å². The van der Waals surface area contributed by atoms with E-state index < -0.39 is 0 Å². The molecule has 1 aromatic heterocycles. The first kappa shape index (κ1) is 19.1. The Morgan fingerprint density at radius 3 is 2.79 bits per heavy atom. The molecule has 0 unspecified atom stereocenters. The van der Waals surface area contributed by atoms with Gasteiger partial charge in [-0.15, -0.1) is 0 Å². The van der Waals surface area contributed by atoms with Crippen molar-refractivity contribution in [3.63, 3.8) is 0 Å². The normalized spacial score (nSPS) is 22.8. The Morgan fingerprint density at radius 2 is 2.04 bits per heavy atom. The van der Waals surface area contributed by atoms with Gasteiger partial charge in [-0.05, 0) is 49.2 Å². The fraction of sp³-hybridized carbons (Fsp3) is 0.455. The first-order valence-electron chi connectivity index (χ1n) is 9.88. The van der Waals surface area contributed by atoms with Gasteiger partial charge >= 0.3 is 0 Å². The van der Waals surface area contributed by atoms with Crippen molar-refractivity contribution < 1.29 is 14.3 Å². The fourth-order valence-electron chi connectivity index (χ4n) is 4.67. The maximum Gasteiger partial charge on any atom is 0.253 e. The van der Waals surface area contributed by atoms with Gasteiger partial charge in [0.1, 0.15) is 0 Å². The molecule has 1 amide bonds. The van der Waals surface area contributed by atoms with E-state index in [2.05, 4.69) is 33.8 Å². The van der Waals surface area contributed by atoms with Crippen LogP contribution in [-0.2, 0) is 14.9 Å². The summed E-state index contributed by atoms with van der Waals surface area (Å²) in [6, 6.07) is 11.8. The van der Waals surface area contributed by atoms with Crippen LogP contribution in [-0.4, -0.2) is 50.4 Å². The van der Waals surface area contributed by atoms with Crippen LogP contribution in [0.3, 0.4) is 0 Å².